The van der Waals surface area contributed by atoms with Crippen LogP contribution in [0.15, 0.2) is 40.3 Å². The predicted octanol–water partition coefficient (Wildman–Crippen LogP) is 0.360. The number of nitrogens with zero attached hydrogens (tertiary/aromatic N) is 3. The van der Waals surface area contributed by atoms with Gasteiger partial charge in [0.25, 0.3) is 5.91 Å². The molecule has 94 valence electrons. The third-order valence-electron chi connectivity index (χ3n) is 2.37. The van der Waals surface area contributed by atoms with Crippen LogP contribution in [0.2, 0.25) is 0 Å². The van der Waals surface area contributed by atoms with Crippen molar-refractivity contribution in [3.8, 4) is 6.07 Å². The standard InChI is InChI=1S/C12H15N5O/c1-4-17-11(16-8(3)15)10(7(2)14)5-9(6-13)12(17)18/h5H,3-4,14-15H2,1-2H3/b10-7-,16-11+. The van der Waals surface area contributed by atoms with Gasteiger partial charge in [0.1, 0.15) is 23.3 Å². The number of hydrogen-bond donors (Lipinski definition) is 2. The van der Waals surface area contributed by atoms with E-state index in [4.69, 9.17) is 16.7 Å². The molecule has 4 N–H and O–H groups in total. The highest BCUT2D eigenvalue weighted by Gasteiger charge is 2.29. The number of hydrogen-bond acceptors (Lipinski definition) is 5. The van der Waals surface area contributed by atoms with E-state index in [1.807, 2.05) is 6.07 Å². The van der Waals surface area contributed by atoms with Crippen LogP contribution in [0.4, 0.5) is 0 Å². The Bertz CT molecular complexity index is 529. The van der Waals surface area contributed by atoms with E-state index in [0.717, 1.165) is 0 Å². The molecule has 6 heteroatoms. The van der Waals surface area contributed by atoms with Crippen LogP contribution in [0.1, 0.15) is 13.8 Å². The summed E-state index contributed by atoms with van der Waals surface area (Å²) in [6.45, 7) is 7.28. The Kier molecular flexibility index (Phi) is 3.89. The molecule has 0 aromatic rings. The summed E-state index contributed by atoms with van der Waals surface area (Å²) in [6, 6.07) is 1.85. The number of amidine groups is 1. The van der Waals surface area contributed by atoms with Gasteiger partial charge in [-0.05, 0) is 19.9 Å². The molecule has 0 saturated heterocycles. The Balaban J connectivity index is 3.53. The van der Waals surface area contributed by atoms with Gasteiger partial charge < -0.3 is 11.5 Å². The van der Waals surface area contributed by atoms with E-state index < -0.39 is 5.91 Å². The van der Waals surface area contributed by atoms with Gasteiger partial charge in [-0.1, -0.05) is 6.58 Å². The van der Waals surface area contributed by atoms with E-state index in [9.17, 15) is 4.79 Å². The minimum atomic E-state index is -0.412. The zero-order valence-electron chi connectivity index (χ0n) is 10.4. The molecule has 0 unspecified atom stereocenters. The third kappa shape index (κ3) is 2.40. The average Bonchev–Trinajstić information content (AvgIpc) is 2.28. The summed E-state index contributed by atoms with van der Waals surface area (Å²) in [5, 5.41) is 8.93. The van der Waals surface area contributed by atoms with Crippen LogP contribution in [-0.4, -0.2) is 23.2 Å². The van der Waals surface area contributed by atoms with Gasteiger partial charge in [-0.2, -0.15) is 5.26 Å². The maximum absolute atomic E-state index is 12.0. The highest BCUT2D eigenvalue weighted by molar-refractivity contribution is 6.19. The molecule has 0 bridgehead atoms. The summed E-state index contributed by atoms with van der Waals surface area (Å²) < 4.78 is 0. The highest BCUT2D eigenvalue weighted by Crippen LogP contribution is 2.20. The molecule has 6 nitrogen and oxygen atoms in total. The molecule has 1 aliphatic rings. The Morgan fingerprint density at radius 2 is 2.22 bits per heavy atom. The molecular formula is C12H15N5O. The fourth-order valence-corrected chi connectivity index (χ4v) is 1.58. The van der Waals surface area contributed by atoms with Gasteiger partial charge in [-0.15, -0.1) is 0 Å². The second kappa shape index (κ2) is 5.19. The number of allylic oxidation sites excluding steroid dienone is 1. The number of amides is 1. The first-order valence-corrected chi connectivity index (χ1v) is 5.35. The van der Waals surface area contributed by atoms with Crippen molar-refractivity contribution >= 4 is 11.7 Å². The first kappa shape index (κ1) is 13.5. The van der Waals surface area contributed by atoms with E-state index in [1.165, 1.54) is 11.0 Å². The van der Waals surface area contributed by atoms with Crippen LogP contribution in [0.5, 0.6) is 0 Å². The minimum absolute atomic E-state index is 0.0261. The van der Waals surface area contributed by atoms with Crippen molar-refractivity contribution in [2.45, 2.75) is 13.8 Å². The minimum Gasteiger partial charge on any atom is -0.402 e. The lowest BCUT2D eigenvalue weighted by atomic mass is 10.0. The molecular weight excluding hydrogens is 230 g/mol. The van der Waals surface area contributed by atoms with Crippen LogP contribution in [-0.2, 0) is 4.79 Å². The number of nitriles is 1. The molecule has 0 saturated carbocycles. The average molecular weight is 245 g/mol. The van der Waals surface area contributed by atoms with Gasteiger partial charge in [0, 0.05) is 17.8 Å². The van der Waals surface area contributed by atoms with Crippen molar-refractivity contribution in [3.63, 3.8) is 0 Å². The fourth-order valence-electron chi connectivity index (χ4n) is 1.58. The van der Waals surface area contributed by atoms with Crippen LogP contribution in [0, 0.1) is 11.3 Å². The zero-order valence-corrected chi connectivity index (χ0v) is 10.4. The Labute approximate surface area is 106 Å². The van der Waals surface area contributed by atoms with E-state index in [1.54, 1.807) is 13.8 Å². The second-order valence-electron chi connectivity index (χ2n) is 3.74. The highest BCUT2D eigenvalue weighted by atomic mass is 16.2. The van der Waals surface area contributed by atoms with Crippen molar-refractivity contribution < 1.29 is 4.79 Å². The molecule has 1 amide bonds. The molecule has 1 heterocycles. The van der Waals surface area contributed by atoms with Crippen LogP contribution in [0.25, 0.3) is 0 Å². The smallest absolute Gasteiger partial charge is 0.270 e. The quantitative estimate of drug-likeness (QED) is 0.732. The summed E-state index contributed by atoms with van der Waals surface area (Å²) in [6.07, 6.45) is 1.42. The van der Waals surface area contributed by atoms with Gasteiger partial charge in [-0.25, -0.2) is 4.99 Å². The second-order valence-corrected chi connectivity index (χ2v) is 3.74. The summed E-state index contributed by atoms with van der Waals surface area (Å²) in [5.41, 5.74) is 12.2. The van der Waals surface area contributed by atoms with Gasteiger partial charge in [0.15, 0.2) is 0 Å². The predicted molar refractivity (Wildman–Crippen MR) is 68.7 cm³/mol. The summed E-state index contributed by atoms with van der Waals surface area (Å²) >= 11 is 0. The number of aliphatic imine (C=N–C) groups is 1. The first-order chi connectivity index (χ1) is 8.42. The van der Waals surface area contributed by atoms with E-state index in [0.29, 0.717) is 23.7 Å². The van der Waals surface area contributed by atoms with Crippen molar-refractivity contribution in [2.24, 2.45) is 16.5 Å². The molecule has 0 aliphatic carbocycles. The maximum atomic E-state index is 12.0. The third-order valence-corrected chi connectivity index (χ3v) is 2.37. The van der Waals surface area contributed by atoms with Crippen LogP contribution >= 0.6 is 0 Å². The topological polar surface area (TPSA) is 108 Å². The van der Waals surface area contributed by atoms with Crippen LogP contribution in [0.3, 0.4) is 0 Å². The molecule has 0 fully saturated rings. The van der Waals surface area contributed by atoms with Crippen molar-refractivity contribution in [3.05, 3.63) is 35.3 Å². The lowest BCUT2D eigenvalue weighted by Crippen LogP contribution is -2.42. The van der Waals surface area contributed by atoms with Crippen molar-refractivity contribution in [2.75, 3.05) is 6.54 Å². The van der Waals surface area contributed by atoms with E-state index in [2.05, 4.69) is 11.6 Å². The first-order valence-electron chi connectivity index (χ1n) is 5.35. The monoisotopic (exact) mass is 245 g/mol. The molecule has 1 rings (SSSR count). The Morgan fingerprint density at radius 1 is 1.61 bits per heavy atom. The SMILES string of the molecule is C=C(N)/N=C1\C(=C(\C)N)C=C(C#N)C(=O)N1CC. The molecule has 0 aromatic carbocycles. The Hall–Kier alpha value is -2.55. The fraction of sp³-hybridized carbons (Fsp3) is 0.250. The van der Waals surface area contributed by atoms with Crippen LogP contribution < -0.4 is 11.5 Å². The number of carbonyl (C=O) groups excluding carboxylic acids is 1. The Morgan fingerprint density at radius 3 is 2.61 bits per heavy atom. The van der Waals surface area contributed by atoms with Gasteiger partial charge in [-0.3, -0.25) is 9.69 Å². The maximum Gasteiger partial charge on any atom is 0.270 e. The van der Waals surface area contributed by atoms with Gasteiger partial charge in [0.05, 0.1) is 0 Å². The molecule has 0 radical (unpaired) electrons. The lowest BCUT2D eigenvalue weighted by Gasteiger charge is -2.27. The molecule has 18 heavy (non-hydrogen) atoms. The van der Waals surface area contributed by atoms with E-state index in [-0.39, 0.29) is 11.4 Å². The summed E-state index contributed by atoms with van der Waals surface area (Å²) in [4.78, 5) is 17.3. The largest absolute Gasteiger partial charge is 0.402 e. The summed E-state index contributed by atoms with van der Waals surface area (Å²) in [7, 11) is 0. The van der Waals surface area contributed by atoms with Gasteiger partial charge >= 0.3 is 0 Å². The van der Waals surface area contributed by atoms with E-state index >= 15 is 0 Å². The number of likely N-dealkylation sites (N-methyl/N-ethyl adjacent to an activating group) is 1. The molecule has 1 aliphatic heterocycles. The zero-order chi connectivity index (χ0) is 13.9. The number of nitrogens with two attached hydrogens (primary N) is 2. The number of carbonyl (C=O) groups is 1. The van der Waals surface area contributed by atoms with Crippen molar-refractivity contribution in [1.29, 1.82) is 5.26 Å². The van der Waals surface area contributed by atoms with Gasteiger partial charge in [0.2, 0.25) is 0 Å². The lowest BCUT2D eigenvalue weighted by molar-refractivity contribution is -0.123. The summed E-state index contributed by atoms with van der Waals surface area (Å²) in [5.74, 6) is -0.0113. The molecule has 0 atom stereocenters. The number of rotatable bonds is 2. The molecule has 0 spiro atoms. The normalized spacial score (nSPS) is 20.5. The van der Waals surface area contributed by atoms with Crippen molar-refractivity contribution in [1.82, 2.24) is 4.90 Å². The molecule has 0 aromatic heterocycles.